The van der Waals surface area contributed by atoms with Gasteiger partial charge in [0, 0.05) is 17.8 Å². The molecule has 0 unspecified atom stereocenters. The number of hydrogen-bond donors (Lipinski definition) is 1. The van der Waals surface area contributed by atoms with Crippen molar-refractivity contribution in [3.8, 4) is 45.0 Å². The lowest BCUT2D eigenvalue weighted by Gasteiger charge is -2.15. The molecular formula is C31H32N4O3. The van der Waals surface area contributed by atoms with Gasteiger partial charge in [0.05, 0.1) is 18.2 Å². The van der Waals surface area contributed by atoms with Gasteiger partial charge in [0.1, 0.15) is 17.9 Å². The van der Waals surface area contributed by atoms with E-state index in [1.807, 2.05) is 86.6 Å². The van der Waals surface area contributed by atoms with Crippen LogP contribution in [0.5, 0.6) is 11.5 Å². The number of rotatable bonds is 8. The van der Waals surface area contributed by atoms with Gasteiger partial charge in [0.2, 0.25) is 0 Å². The molecule has 2 aromatic heterocycles. The fourth-order valence-electron chi connectivity index (χ4n) is 4.60. The van der Waals surface area contributed by atoms with Crippen LogP contribution in [0.3, 0.4) is 0 Å². The molecule has 38 heavy (non-hydrogen) atoms. The third-order valence-corrected chi connectivity index (χ3v) is 6.61. The summed E-state index contributed by atoms with van der Waals surface area (Å²) in [6.45, 7) is 5.23. The minimum atomic E-state index is -0.198. The molecule has 1 N–H and O–H groups in total. The highest BCUT2D eigenvalue weighted by molar-refractivity contribution is 5.91. The lowest BCUT2D eigenvalue weighted by atomic mass is 10.00. The van der Waals surface area contributed by atoms with Crippen molar-refractivity contribution in [2.45, 2.75) is 13.8 Å². The number of likely N-dealkylation sites (N-methyl/N-ethyl adjacent to an activating group) is 1. The molecule has 5 rings (SSSR count). The van der Waals surface area contributed by atoms with Crippen molar-refractivity contribution >= 4 is 5.65 Å². The average Bonchev–Trinajstić information content (AvgIpc) is 3.29. The fourth-order valence-corrected chi connectivity index (χ4v) is 4.60. The van der Waals surface area contributed by atoms with Crippen molar-refractivity contribution < 1.29 is 9.47 Å². The largest absolute Gasteiger partial charge is 0.493 e. The summed E-state index contributed by atoms with van der Waals surface area (Å²) in [5.74, 6) is 1.21. The molecule has 5 aromatic rings. The first-order valence-corrected chi connectivity index (χ1v) is 12.6. The van der Waals surface area contributed by atoms with Crippen LogP contribution in [0, 0.1) is 13.8 Å². The van der Waals surface area contributed by atoms with E-state index >= 15 is 0 Å². The number of aromatic nitrogens is 3. The smallest absolute Gasteiger partial charge is 0.282 e. The topological polar surface area (TPSA) is 71.9 Å². The summed E-state index contributed by atoms with van der Waals surface area (Å²) in [5, 5.41) is 4.85. The van der Waals surface area contributed by atoms with Crippen LogP contribution in [-0.4, -0.2) is 53.9 Å². The van der Waals surface area contributed by atoms with Crippen molar-refractivity contribution in [3.05, 3.63) is 94.4 Å². The van der Waals surface area contributed by atoms with E-state index in [-0.39, 0.29) is 5.56 Å². The minimum absolute atomic E-state index is 0.198. The number of H-pyrrole nitrogens is 1. The molecular weight excluding hydrogens is 476 g/mol. The summed E-state index contributed by atoms with van der Waals surface area (Å²) in [4.78, 5) is 19.5. The molecule has 7 heteroatoms. The number of aryl methyl sites for hydroxylation is 2. The van der Waals surface area contributed by atoms with E-state index in [9.17, 15) is 4.79 Å². The van der Waals surface area contributed by atoms with Crippen molar-refractivity contribution in [1.82, 2.24) is 19.5 Å². The first-order chi connectivity index (χ1) is 18.4. The standard InChI is InChI=1S/C31H32N4O3/c1-20-11-13-23(14-12-20)29-28(22-9-7-6-8-10-22)30-32-21(2)27(31(36)35(30)33-29)24-15-16-25(37-5)26(19-24)38-18-17-34(3)4/h6-16,19,32H,17-18H2,1-5H3. The predicted octanol–water partition coefficient (Wildman–Crippen LogP) is 5.59. The molecule has 0 bridgehead atoms. The quantitative estimate of drug-likeness (QED) is 0.296. The minimum Gasteiger partial charge on any atom is -0.493 e. The number of nitrogens with one attached hydrogen (secondary N) is 1. The zero-order valence-corrected chi connectivity index (χ0v) is 22.4. The van der Waals surface area contributed by atoms with Crippen molar-refractivity contribution in [2.24, 2.45) is 0 Å². The Bertz CT molecular complexity index is 1630. The Labute approximate surface area is 222 Å². The van der Waals surface area contributed by atoms with Gasteiger partial charge < -0.3 is 19.4 Å². The van der Waals surface area contributed by atoms with Crippen LogP contribution in [0.1, 0.15) is 11.3 Å². The van der Waals surface area contributed by atoms with Crippen molar-refractivity contribution in [2.75, 3.05) is 34.4 Å². The van der Waals surface area contributed by atoms with Crippen LogP contribution in [0.4, 0.5) is 0 Å². The second kappa shape index (κ2) is 10.6. The van der Waals surface area contributed by atoms with Gasteiger partial charge in [0.15, 0.2) is 11.5 Å². The first kappa shape index (κ1) is 25.3. The zero-order chi connectivity index (χ0) is 26.8. The van der Waals surface area contributed by atoms with Gasteiger partial charge in [-0.1, -0.05) is 66.2 Å². The molecule has 0 radical (unpaired) electrons. The summed E-state index contributed by atoms with van der Waals surface area (Å²) in [7, 11) is 5.60. The van der Waals surface area contributed by atoms with Crippen LogP contribution in [-0.2, 0) is 0 Å². The Morgan fingerprint density at radius 3 is 2.26 bits per heavy atom. The lowest BCUT2D eigenvalue weighted by molar-refractivity contribution is 0.251. The van der Waals surface area contributed by atoms with E-state index in [4.69, 9.17) is 14.6 Å². The second-order valence-electron chi connectivity index (χ2n) is 9.66. The van der Waals surface area contributed by atoms with Crippen LogP contribution >= 0.6 is 0 Å². The molecule has 0 atom stereocenters. The van der Waals surface area contributed by atoms with E-state index in [1.54, 1.807) is 7.11 Å². The Balaban J connectivity index is 1.70. The summed E-state index contributed by atoms with van der Waals surface area (Å²) < 4.78 is 13.0. The zero-order valence-electron chi connectivity index (χ0n) is 22.4. The van der Waals surface area contributed by atoms with Crippen LogP contribution in [0.25, 0.3) is 39.2 Å². The number of ether oxygens (including phenoxy) is 2. The third-order valence-electron chi connectivity index (χ3n) is 6.61. The normalized spacial score (nSPS) is 11.3. The number of hydrogen-bond acceptors (Lipinski definition) is 5. The van der Waals surface area contributed by atoms with E-state index in [1.165, 1.54) is 4.52 Å². The highest BCUT2D eigenvalue weighted by atomic mass is 16.5. The molecule has 0 aliphatic carbocycles. The maximum atomic E-state index is 14.0. The average molecular weight is 509 g/mol. The van der Waals surface area contributed by atoms with Gasteiger partial charge >= 0.3 is 0 Å². The third kappa shape index (κ3) is 4.80. The van der Waals surface area contributed by atoms with Crippen LogP contribution in [0.15, 0.2) is 77.6 Å². The number of fused-ring (bicyclic) bond motifs is 1. The van der Waals surface area contributed by atoms with Gasteiger partial charge in [-0.2, -0.15) is 9.61 Å². The highest BCUT2D eigenvalue weighted by Gasteiger charge is 2.22. The maximum absolute atomic E-state index is 14.0. The first-order valence-electron chi connectivity index (χ1n) is 12.6. The molecule has 0 fully saturated rings. The fraction of sp³-hybridized carbons (Fsp3) is 0.226. The Kier molecular flexibility index (Phi) is 7.03. The maximum Gasteiger partial charge on any atom is 0.282 e. The van der Waals surface area contributed by atoms with Gasteiger partial charge in [-0.3, -0.25) is 4.79 Å². The van der Waals surface area contributed by atoms with Crippen molar-refractivity contribution in [3.63, 3.8) is 0 Å². The van der Waals surface area contributed by atoms with Gasteiger partial charge in [-0.25, -0.2) is 0 Å². The SMILES string of the molecule is COc1ccc(-c2c(C)[nH]c3c(-c4ccccc4)c(-c4ccc(C)cc4)nn3c2=O)cc1OCCN(C)C. The molecule has 0 aliphatic rings. The van der Waals surface area contributed by atoms with E-state index in [0.717, 1.165) is 45.7 Å². The van der Waals surface area contributed by atoms with Gasteiger partial charge in [-0.15, -0.1) is 0 Å². The van der Waals surface area contributed by atoms with E-state index in [2.05, 4.69) is 24.0 Å². The molecule has 3 aromatic carbocycles. The Morgan fingerprint density at radius 2 is 1.58 bits per heavy atom. The Morgan fingerprint density at radius 1 is 0.868 bits per heavy atom. The molecule has 7 nitrogen and oxygen atoms in total. The number of nitrogens with zero attached hydrogens (tertiary/aromatic N) is 3. The number of methoxy groups -OCH3 is 1. The molecule has 194 valence electrons. The molecule has 0 amide bonds. The molecule has 0 spiro atoms. The monoisotopic (exact) mass is 508 g/mol. The number of benzene rings is 3. The number of aromatic amines is 1. The summed E-state index contributed by atoms with van der Waals surface area (Å²) in [6.07, 6.45) is 0. The van der Waals surface area contributed by atoms with Gasteiger partial charge in [-0.05, 0) is 51.2 Å². The van der Waals surface area contributed by atoms with Crippen LogP contribution < -0.4 is 15.0 Å². The molecule has 2 heterocycles. The molecule has 0 saturated carbocycles. The summed E-state index contributed by atoms with van der Waals surface area (Å²) in [6, 6.07) is 23.8. The summed E-state index contributed by atoms with van der Waals surface area (Å²) in [5.41, 5.74) is 7.23. The van der Waals surface area contributed by atoms with E-state index in [0.29, 0.717) is 29.3 Å². The Hall–Kier alpha value is -4.36. The van der Waals surface area contributed by atoms with Gasteiger partial charge in [0.25, 0.3) is 5.56 Å². The predicted molar refractivity (Wildman–Crippen MR) is 152 cm³/mol. The van der Waals surface area contributed by atoms with Crippen molar-refractivity contribution in [1.29, 1.82) is 0 Å². The molecule has 0 saturated heterocycles. The summed E-state index contributed by atoms with van der Waals surface area (Å²) >= 11 is 0. The van der Waals surface area contributed by atoms with Crippen LogP contribution in [0.2, 0.25) is 0 Å². The highest BCUT2D eigenvalue weighted by Crippen LogP contribution is 2.36. The van der Waals surface area contributed by atoms with E-state index < -0.39 is 0 Å². The second-order valence-corrected chi connectivity index (χ2v) is 9.66. The molecule has 0 aliphatic heterocycles. The lowest BCUT2D eigenvalue weighted by Crippen LogP contribution is -2.20.